The van der Waals surface area contributed by atoms with Crippen LogP contribution in [0.5, 0.6) is 0 Å². The number of hydrogen-bond donors (Lipinski definition) is 3. The summed E-state index contributed by atoms with van der Waals surface area (Å²) in [4.78, 5) is 24.2. The van der Waals surface area contributed by atoms with Gasteiger partial charge in [-0.25, -0.2) is 9.59 Å². The average Bonchev–Trinajstić information content (AvgIpc) is 2.58. The quantitative estimate of drug-likeness (QED) is 0.678. The van der Waals surface area contributed by atoms with Crippen molar-refractivity contribution in [1.29, 1.82) is 0 Å². The Kier molecular flexibility index (Phi) is 4.21. The van der Waals surface area contributed by atoms with Crippen molar-refractivity contribution in [3.63, 3.8) is 0 Å². The minimum Gasteiger partial charge on any atom is -0.480 e. The van der Waals surface area contributed by atoms with Crippen molar-refractivity contribution in [3.05, 3.63) is 0 Å². The average molecular weight is 258 g/mol. The van der Waals surface area contributed by atoms with Crippen molar-refractivity contribution >= 4 is 12.0 Å². The van der Waals surface area contributed by atoms with Gasteiger partial charge in [-0.2, -0.15) is 0 Å². The molecule has 0 radical (unpaired) electrons. The number of likely N-dealkylation sites (tertiary alicyclic amines) is 1. The van der Waals surface area contributed by atoms with Crippen molar-refractivity contribution < 1.29 is 19.8 Å². The number of hydrogen-bond acceptors (Lipinski definition) is 3. The lowest BCUT2D eigenvalue weighted by molar-refractivity contribution is -0.141. The van der Waals surface area contributed by atoms with Crippen LogP contribution >= 0.6 is 0 Å². The van der Waals surface area contributed by atoms with Gasteiger partial charge < -0.3 is 20.4 Å². The summed E-state index contributed by atoms with van der Waals surface area (Å²) >= 11 is 0. The highest BCUT2D eigenvalue weighted by Gasteiger charge is 2.39. The highest BCUT2D eigenvalue weighted by Crippen LogP contribution is 2.21. The second-order valence-corrected chi connectivity index (χ2v) is 5.93. The van der Waals surface area contributed by atoms with Crippen molar-refractivity contribution in [2.24, 2.45) is 5.41 Å². The maximum Gasteiger partial charge on any atom is 0.326 e. The molecule has 1 aliphatic rings. The highest BCUT2D eigenvalue weighted by molar-refractivity contribution is 5.83. The molecule has 0 aromatic heterocycles. The summed E-state index contributed by atoms with van der Waals surface area (Å²) in [5, 5.41) is 21.3. The molecule has 6 heteroatoms. The molecule has 1 fully saturated rings. The zero-order valence-corrected chi connectivity index (χ0v) is 11.3. The number of nitrogens with zero attached hydrogens (tertiary/aromatic N) is 1. The number of aliphatic hydroxyl groups excluding tert-OH is 1. The lowest BCUT2D eigenvalue weighted by Gasteiger charge is -2.31. The molecular formula is C12H22N2O4. The number of carboxylic acids is 1. The molecule has 0 bridgehead atoms. The second-order valence-electron chi connectivity index (χ2n) is 5.93. The molecule has 3 atom stereocenters. The summed E-state index contributed by atoms with van der Waals surface area (Å²) in [6, 6.07) is -1.45. The fraction of sp³-hybridized carbons (Fsp3) is 0.833. The molecule has 3 N–H and O–H groups in total. The number of aliphatic hydroxyl groups is 1. The Bertz CT molecular complexity index is 337. The monoisotopic (exact) mass is 258 g/mol. The summed E-state index contributed by atoms with van der Waals surface area (Å²) in [5.74, 6) is -1.08. The maximum atomic E-state index is 12.0. The van der Waals surface area contributed by atoms with Gasteiger partial charge >= 0.3 is 12.0 Å². The minimum atomic E-state index is -1.08. The van der Waals surface area contributed by atoms with E-state index in [0.717, 1.165) is 0 Å². The van der Waals surface area contributed by atoms with E-state index in [2.05, 4.69) is 5.32 Å². The van der Waals surface area contributed by atoms with Gasteiger partial charge in [0.05, 0.1) is 6.10 Å². The second kappa shape index (κ2) is 5.14. The molecule has 0 aromatic carbocycles. The molecule has 1 rings (SSSR count). The molecule has 6 nitrogen and oxygen atoms in total. The van der Waals surface area contributed by atoms with Gasteiger partial charge in [0.15, 0.2) is 0 Å². The predicted octanol–water partition coefficient (Wildman–Crippen LogP) is 0.650. The van der Waals surface area contributed by atoms with Crippen LogP contribution in [0.4, 0.5) is 4.79 Å². The van der Waals surface area contributed by atoms with Gasteiger partial charge in [0.2, 0.25) is 0 Å². The Morgan fingerprint density at radius 1 is 1.39 bits per heavy atom. The van der Waals surface area contributed by atoms with Crippen LogP contribution in [0.1, 0.15) is 34.1 Å². The van der Waals surface area contributed by atoms with Crippen LogP contribution in [0.25, 0.3) is 0 Å². The normalized spacial score (nSPS) is 25.9. The van der Waals surface area contributed by atoms with E-state index in [1.165, 1.54) is 4.90 Å². The smallest absolute Gasteiger partial charge is 0.326 e. The van der Waals surface area contributed by atoms with Crippen molar-refractivity contribution in [2.45, 2.75) is 52.3 Å². The van der Waals surface area contributed by atoms with Crippen molar-refractivity contribution in [3.8, 4) is 0 Å². The van der Waals surface area contributed by atoms with Gasteiger partial charge in [-0.3, -0.25) is 0 Å². The molecular weight excluding hydrogens is 236 g/mol. The molecule has 0 aromatic rings. The highest BCUT2D eigenvalue weighted by atomic mass is 16.4. The third-order valence-electron chi connectivity index (χ3n) is 3.46. The van der Waals surface area contributed by atoms with E-state index in [0.29, 0.717) is 0 Å². The first-order valence-electron chi connectivity index (χ1n) is 6.11. The largest absolute Gasteiger partial charge is 0.480 e. The third-order valence-corrected chi connectivity index (χ3v) is 3.46. The molecule has 104 valence electrons. The van der Waals surface area contributed by atoms with E-state index in [-0.39, 0.29) is 24.4 Å². The van der Waals surface area contributed by atoms with E-state index < -0.39 is 24.1 Å². The van der Waals surface area contributed by atoms with Crippen LogP contribution in [-0.4, -0.2) is 51.8 Å². The standard InChI is InChI=1S/C12H22N2O4/c1-7(12(2,3)4)13-11(18)14-6-8(15)5-9(14)10(16)17/h7-9,15H,5-6H2,1-4H3,(H,13,18)(H,16,17). The van der Waals surface area contributed by atoms with Crippen LogP contribution in [0.3, 0.4) is 0 Å². The van der Waals surface area contributed by atoms with E-state index >= 15 is 0 Å². The fourth-order valence-electron chi connectivity index (χ4n) is 1.76. The Balaban J connectivity index is 2.69. The number of aliphatic carboxylic acids is 1. The van der Waals surface area contributed by atoms with Gasteiger partial charge in [0.1, 0.15) is 6.04 Å². The van der Waals surface area contributed by atoms with E-state index in [1.54, 1.807) is 0 Å². The zero-order valence-electron chi connectivity index (χ0n) is 11.3. The minimum absolute atomic E-state index is 0.0691. The molecule has 3 unspecified atom stereocenters. The summed E-state index contributed by atoms with van der Waals surface area (Å²) < 4.78 is 0. The lowest BCUT2D eigenvalue weighted by Crippen LogP contribution is -2.51. The molecule has 1 heterocycles. The van der Waals surface area contributed by atoms with Gasteiger partial charge in [0, 0.05) is 19.0 Å². The number of nitrogens with one attached hydrogen (secondary N) is 1. The van der Waals surface area contributed by atoms with Gasteiger partial charge in [-0.15, -0.1) is 0 Å². The summed E-state index contributed by atoms with van der Waals surface area (Å²) in [5.41, 5.74) is -0.104. The summed E-state index contributed by atoms with van der Waals surface area (Å²) in [6.45, 7) is 7.92. The number of rotatable bonds is 2. The van der Waals surface area contributed by atoms with E-state index in [1.807, 2.05) is 27.7 Å². The van der Waals surface area contributed by atoms with Crippen molar-refractivity contribution in [1.82, 2.24) is 10.2 Å². The van der Waals surface area contributed by atoms with Crippen LogP contribution in [-0.2, 0) is 4.79 Å². The maximum absolute atomic E-state index is 12.0. The Labute approximate surface area is 107 Å². The fourth-order valence-corrected chi connectivity index (χ4v) is 1.76. The van der Waals surface area contributed by atoms with Gasteiger partial charge in [0.25, 0.3) is 0 Å². The molecule has 2 amide bonds. The van der Waals surface area contributed by atoms with E-state index in [9.17, 15) is 14.7 Å². The van der Waals surface area contributed by atoms with Crippen LogP contribution in [0.15, 0.2) is 0 Å². The topological polar surface area (TPSA) is 89.9 Å². The Hall–Kier alpha value is -1.30. The summed E-state index contributed by atoms with van der Waals surface area (Å²) in [6.07, 6.45) is -0.672. The van der Waals surface area contributed by atoms with Crippen molar-refractivity contribution in [2.75, 3.05) is 6.54 Å². The van der Waals surface area contributed by atoms with Crippen LogP contribution in [0.2, 0.25) is 0 Å². The molecule has 1 aliphatic heterocycles. The number of carbonyl (C=O) groups excluding carboxylic acids is 1. The number of urea groups is 1. The first kappa shape index (κ1) is 14.8. The zero-order chi connectivity index (χ0) is 14.1. The van der Waals surface area contributed by atoms with Gasteiger partial charge in [-0.1, -0.05) is 20.8 Å². The third kappa shape index (κ3) is 3.35. The number of carbonyl (C=O) groups is 2. The molecule has 1 saturated heterocycles. The number of β-amino-alcohol motifs (C(OH)–C–C–N with tert-alkyl or cyclic N) is 1. The molecule has 0 spiro atoms. The predicted molar refractivity (Wildman–Crippen MR) is 66.2 cm³/mol. The molecule has 0 saturated carbocycles. The number of carboxylic acid groups (broad SMARTS) is 1. The number of amides is 2. The SMILES string of the molecule is CC(NC(=O)N1CC(O)CC1C(=O)O)C(C)(C)C. The summed E-state index contributed by atoms with van der Waals surface area (Å²) in [7, 11) is 0. The van der Waals surface area contributed by atoms with Crippen LogP contribution in [0, 0.1) is 5.41 Å². The Morgan fingerprint density at radius 3 is 2.39 bits per heavy atom. The Morgan fingerprint density at radius 2 is 1.94 bits per heavy atom. The first-order chi connectivity index (χ1) is 8.12. The van der Waals surface area contributed by atoms with Crippen LogP contribution < -0.4 is 5.32 Å². The van der Waals surface area contributed by atoms with E-state index in [4.69, 9.17) is 5.11 Å². The molecule has 18 heavy (non-hydrogen) atoms. The first-order valence-corrected chi connectivity index (χ1v) is 6.11. The van der Waals surface area contributed by atoms with Gasteiger partial charge in [-0.05, 0) is 12.3 Å². The lowest BCUT2D eigenvalue weighted by atomic mass is 9.88. The molecule has 0 aliphatic carbocycles.